The lowest BCUT2D eigenvalue weighted by Crippen LogP contribution is -2.19. The summed E-state index contributed by atoms with van der Waals surface area (Å²) >= 11 is 0. The molecule has 0 radical (unpaired) electrons. The normalized spacial score (nSPS) is 13.1. The van der Waals surface area contributed by atoms with E-state index in [2.05, 4.69) is 38.4 Å². The van der Waals surface area contributed by atoms with Crippen molar-refractivity contribution in [2.45, 2.75) is 18.8 Å². The Morgan fingerprint density at radius 1 is 1.17 bits per heavy atom. The van der Waals surface area contributed by atoms with Crippen molar-refractivity contribution >= 4 is 11.6 Å². The van der Waals surface area contributed by atoms with Crippen LogP contribution < -0.4 is 10.1 Å². The Balaban J connectivity index is 1.61. The number of likely N-dealkylation sites (N-methyl/N-ethyl adjacent to an activating group) is 1. The quantitative estimate of drug-likeness (QED) is 0.612. The molecule has 0 saturated heterocycles. The molecule has 1 aliphatic rings. The molecule has 152 valence electrons. The van der Waals surface area contributed by atoms with Crippen LogP contribution in [-0.4, -0.2) is 47.1 Å². The zero-order chi connectivity index (χ0) is 20.9. The summed E-state index contributed by atoms with van der Waals surface area (Å²) in [5.74, 6) is 2.60. The van der Waals surface area contributed by atoms with E-state index in [0.29, 0.717) is 29.7 Å². The lowest BCUT2D eigenvalue weighted by molar-refractivity contribution is 0.261. The first-order valence-corrected chi connectivity index (χ1v) is 9.99. The van der Waals surface area contributed by atoms with Crippen molar-refractivity contribution in [2.24, 2.45) is 0 Å². The molecule has 0 spiro atoms. The largest absolute Gasteiger partial charge is 0.491 e. The molecular formula is C23H24N6O. The van der Waals surface area contributed by atoms with Gasteiger partial charge in [-0.3, -0.25) is 4.98 Å². The van der Waals surface area contributed by atoms with Gasteiger partial charge in [0.1, 0.15) is 24.0 Å². The van der Waals surface area contributed by atoms with Crippen LogP contribution in [0.25, 0.3) is 11.3 Å². The zero-order valence-electron chi connectivity index (χ0n) is 17.2. The third-order valence-corrected chi connectivity index (χ3v) is 4.86. The summed E-state index contributed by atoms with van der Waals surface area (Å²) in [6.45, 7) is 1.43. The number of aromatic nitrogens is 3. The molecule has 0 amide bonds. The first-order valence-electron chi connectivity index (χ1n) is 9.99. The van der Waals surface area contributed by atoms with Crippen molar-refractivity contribution < 1.29 is 4.74 Å². The highest BCUT2D eigenvalue weighted by atomic mass is 16.5. The van der Waals surface area contributed by atoms with E-state index in [1.165, 1.54) is 18.4 Å². The molecule has 1 fully saturated rings. The highest BCUT2D eigenvalue weighted by molar-refractivity contribution is 5.65. The van der Waals surface area contributed by atoms with Crippen LogP contribution in [0.5, 0.6) is 5.75 Å². The van der Waals surface area contributed by atoms with Gasteiger partial charge in [-0.1, -0.05) is 0 Å². The number of nitriles is 1. The van der Waals surface area contributed by atoms with E-state index < -0.39 is 0 Å². The van der Waals surface area contributed by atoms with Gasteiger partial charge in [-0.2, -0.15) is 5.26 Å². The molecule has 1 N–H and O–H groups in total. The molecule has 1 saturated carbocycles. The van der Waals surface area contributed by atoms with E-state index in [-0.39, 0.29) is 0 Å². The Labute approximate surface area is 176 Å². The highest BCUT2D eigenvalue weighted by Crippen LogP contribution is 2.42. The number of nitrogens with one attached hydrogen (secondary N) is 1. The predicted molar refractivity (Wildman–Crippen MR) is 116 cm³/mol. The molecule has 0 unspecified atom stereocenters. The van der Waals surface area contributed by atoms with Crippen molar-refractivity contribution in [3.05, 3.63) is 60.0 Å². The van der Waals surface area contributed by atoms with Crippen LogP contribution in [0.3, 0.4) is 0 Å². The Kier molecular flexibility index (Phi) is 5.87. The fraction of sp³-hybridized carbons (Fsp3) is 0.304. The van der Waals surface area contributed by atoms with E-state index in [1.54, 1.807) is 30.7 Å². The molecule has 3 aromatic heterocycles. The van der Waals surface area contributed by atoms with Crippen LogP contribution in [-0.2, 0) is 0 Å². The number of hydrogen-bond acceptors (Lipinski definition) is 7. The number of rotatable bonds is 8. The Bertz CT molecular complexity index is 1070. The van der Waals surface area contributed by atoms with Gasteiger partial charge >= 0.3 is 0 Å². The predicted octanol–water partition coefficient (Wildman–Crippen LogP) is 3.97. The van der Waals surface area contributed by atoms with Crippen molar-refractivity contribution in [1.82, 2.24) is 19.9 Å². The van der Waals surface area contributed by atoms with Crippen LogP contribution in [0.2, 0.25) is 0 Å². The van der Waals surface area contributed by atoms with E-state index >= 15 is 0 Å². The van der Waals surface area contributed by atoms with Crippen LogP contribution in [0.4, 0.5) is 11.6 Å². The zero-order valence-corrected chi connectivity index (χ0v) is 17.2. The standard InChI is InChI=1S/C23H24N6O/c1-29(2)7-8-30-20-10-19(14-25-15-20)21-11-18(17-3-4-17)12-23(27-21)28-22-9-16(13-24)5-6-26-22/h5-6,9-12,14-15,17H,3-4,7-8H2,1-2H3,(H,26,27,28). The number of anilines is 2. The van der Waals surface area contributed by atoms with Gasteiger partial charge < -0.3 is 15.0 Å². The monoisotopic (exact) mass is 400 g/mol. The van der Waals surface area contributed by atoms with Gasteiger partial charge in [0.15, 0.2) is 0 Å². The molecule has 30 heavy (non-hydrogen) atoms. The fourth-order valence-corrected chi connectivity index (χ4v) is 3.10. The van der Waals surface area contributed by atoms with Gasteiger partial charge in [0.2, 0.25) is 0 Å². The minimum absolute atomic E-state index is 0.554. The fourth-order valence-electron chi connectivity index (χ4n) is 3.10. The summed E-state index contributed by atoms with van der Waals surface area (Å²) in [5.41, 5.74) is 3.54. The Hall–Kier alpha value is -3.50. The Morgan fingerprint density at radius 2 is 2.03 bits per heavy atom. The van der Waals surface area contributed by atoms with E-state index in [1.807, 2.05) is 20.2 Å². The van der Waals surface area contributed by atoms with Gasteiger partial charge in [-0.15, -0.1) is 0 Å². The molecule has 0 atom stereocenters. The molecular weight excluding hydrogens is 376 g/mol. The maximum absolute atomic E-state index is 9.12. The van der Waals surface area contributed by atoms with E-state index in [0.717, 1.165) is 23.6 Å². The Morgan fingerprint density at radius 3 is 2.80 bits per heavy atom. The molecule has 0 aliphatic heterocycles. The van der Waals surface area contributed by atoms with Crippen LogP contribution in [0, 0.1) is 11.3 Å². The van der Waals surface area contributed by atoms with Gasteiger partial charge in [0, 0.05) is 24.5 Å². The van der Waals surface area contributed by atoms with Crippen molar-refractivity contribution in [2.75, 3.05) is 32.6 Å². The van der Waals surface area contributed by atoms with Crippen molar-refractivity contribution in [3.63, 3.8) is 0 Å². The third kappa shape index (κ3) is 5.10. The van der Waals surface area contributed by atoms with Gasteiger partial charge in [-0.05, 0) is 68.8 Å². The molecule has 3 heterocycles. The van der Waals surface area contributed by atoms with Crippen LogP contribution >= 0.6 is 0 Å². The van der Waals surface area contributed by atoms with Gasteiger partial charge in [0.05, 0.1) is 23.5 Å². The maximum Gasteiger partial charge on any atom is 0.138 e. The molecule has 1 aliphatic carbocycles. The summed E-state index contributed by atoms with van der Waals surface area (Å²) < 4.78 is 5.83. The van der Waals surface area contributed by atoms with Gasteiger partial charge in [0.25, 0.3) is 0 Å². The molecule has 7 nitrogen and oxygen atoms in total. The SMILES string of the molecule is CN(C)CCOc1cncc(-c2cc(C3CC3)cc(Nc3cc(C#N)ccn3)n2)c1. The summed E-state index contributed by atoms with van der Waals surface area (Å²) in [7, 11) is 4.03. The van der Waals surface area contributed by atoms with E-state index in [4.69, 9.17) is 15.0 Å². The highest BCUT2D eigenvalue weighted by Gasteiger charge is 2.25. The number of nitrogens with zero attached hydrogens (tertiary/aromatic N) is 5. The lowest BCUT2D eigenvalue weighted by Gasteiger charge is -2.13. The molecule has 7 heteroatoms. The molecule has 0 bridgehead atoms. The average molecular weight is 400 g/mol. The second-order valence-corrected chi connectivity index (χ2v) is 7.67. The summed E-state index contributed by atoms with van der Waals surface area (Å²) in [6, 6.07) is 11.7. The van der Waals surface area contributed by atoms with Crippen molar-refractivity contribution in [1.29, 1.82) is 5.26 Å². The van der Waals surface area contributed by atoms with Crippen LogP contribution in [0.1, 0.15) is 29.9 Å². The average Bonchev–Trinajstić information content (AvgIpc) is 3.59. The number of hydrogen-bond donors (Lipinski definition) is 1. The van der Waals surface area contributed by atoms with E-state index in [9.17, 15) is 0 Å². The minimum atomic E-state index is 0.554. The summed E-state index contributed by atoms with van der Waals surface area (Å²) in [5, 5.41) is 12.4. The minimum Gasteiger partial charge on any atom is -0.491 e. The van der Waals surface area contributed by atoms with Crippen LogP contribution in [0.15, 0.2) is 48.9 Å². The van der Waals surface area contributed by atoms with Crippen molar-refractivity contribution in [3.8, 4) is 23.1 Å². The second-order valence-electron chi connectivity index (χ2n) is 7.67. The second kappa shape index (κ2) is 8.89. The first kappa shape index (κ1) is 19.8. The lowest BCUT2D eigenvalue weighted by atomic mass is 10.1. The third-order valence-electron chi connectivity index (χ3n) is 4.86. The maximum atomic E-state index is 9.12. The summed E-state index contributed by atoms with van der Waals surface area (Å²) in [4.78, 5) is 15.5. The molecule has 0 aromatic carbocycles. The number of pyridine rings is 3. The molecule has 4 rings (SSSR count). The topological polar surface area (TPSA) is 87.0 Å². The summed E-state index contributed by atoms with van der Waals surface area (Å²) in [6.07, 6.45) is 7.52. The van der Waals surface area contributed by atoms with Gasteiger partial charge in [-0.25, -0.2) is 9.97 Å². The first-order chi connectivity index (χ1) is 14.6. The number of ether oxygens (including phenoxy) is 1. The molecule has 3 aromatic rings. The smallest absolute Gasteiger partial charge is 0.138 e.